The lowest BCUT2D eigenvalue weighted by atomic mass is 9.68. The first kappa shape index (κ1) is 35.4. The fourth-order valence-corrected chi connectivity index (χ4v) is 10.4. The highest BCUT2D eigenvalue weighted by atomic mass is 32.2. The molecule has 272 valence electrons. The van der Waals surface area contributed by atoms with Crippen LogP contribution in [0.4, 0.5) is 5.69 Å². The van der Waals surface area contributed by atoms with E-state index in [-0.39, 0.29) is 34.8 Å². The Morgan fingerprint density at radius 1 is 1.18 bits per heavy atom. The van der Waals surface area contributed by atoms with E-state index in [1.807, 2.05) is 32.9 Å². The lowest BCUT2D eigenvalue weighted by Gasteiger charge is -2.46. The molecule has 2 aromatic carbocycles. The second-order valence-electron chi connectivity index (χ2n) is 15.6. The van der Waals surface area contributed by atoms with Gasteiger partial charge in [-0.1, -0.05) is 42.8 Å². The molecule has 4 aliphatic rings. The Hall–Kier alpha value is -3.96. The molecule has 51 heavy (non-hydrogen) atoms. The number of ether oxygens (including phenoxy) is 2. The maximum Gasteiger partial charge on any atom is 0.286 e. The minimum absolute atomic E-state index is 0.0123. The van der Waals surface area contributed by atoms with E-state index in [1.165, 1.54) is 22.9 Å². The number of nitrogens with one attached hydrogen (secondary N) is 1. The Morgan fingerprint density at radius 2 is 2.02 bits per heavy atom. The van der Waals surface area contributed by atoms with Gasteiger partial charge in [0.25, 0.3) is 11.8 Å². The zero-order valence-corrected chi connectivity index (χ0v) is 31.3. The number of carbonyl (C=O) groups excluding carboxylic acids is 2. The highest BCUT2D eigenvalue weighted by molar-refractivity contribution is 7.92. The standard InChI is InChI=1S/C40H51N5O5S/c1-26(2)45-22-32(20-41-45)39(47)43-51(48)23-28(4)8-6-10-36(49-5)33-14-12-31(33)21-44-24-40(17-7-9-29-18-27(3)11-15-34(29)40)25-50-37-16-13-30(19-35(37)44)38(46)42-51/h6,10-11,13,15-16,18-20,22,26,28,31,33,36H,7-9,12,14,17,21,23-25H2,1-5H3,(H,42,43,46,47,48)/b10-6+/t28-,31-,33+,36-,40-,51-/m0/s1. The topological polar surface area (TPSA) is 115 Å². The molecule has 7 rings (SSSR count). The number of aryl methyl sites for hydroxylation is 2. The van der Waals surface area contributed by atoms with Gasteiger partial charge in [0.1, 0.15) is 15.7 Å². The molecule has 0 radical (unpaired) electrons. The summed E-state index contributed by atoms with van der Waals surface area (Å²) in [6.45, 7) is 10.1. The number of benzene rings is 2. The van der Waals surface area contributed by atoms with E-state index >= 15 is 0 Å². The summed E-state index contributed by atoms with van der Waals surface area (Å²) < 4.78 is 35.9. The molecule has 1 aromatic heterocycles. The largest absolute Gasteiger partial charge is 0.490 e. The van der Waals surface area contributed by atoms with Crippen LogP contribution in [0.5, 0.6) is 5.75 Å². The normalized spacial score (nSPS) is 29.9. The number of hydrogen-bond acceptors (Lipinski definition) is 7. The first-order valence-electron chi connectivity index (χ1n) is 18.4. The van der Waals surface area contributed by atoms with Crippen molar-refractivity contribution in [2.75, 3.05) is 37.5 Å². The van der Waals surface area contributed by atoms with E-state index in [9.17, 15) is 13.8 Å². The van der Waals surface area contributed by atoms with Crippen molar-refractivity contribution < 1.29 is 23.3 Å². The van der Waals surface area contributed by atoms with Crippen molar-refractivity contribution in [1.82, 2.24) is 14.5 Å². The average molecular weight is 714 g/mol. The fraction of sp³-hybridized carbons (Fsp3) is 0.525. The molecule has 2 aliphatic carbocycles. The molecular weight excluding hydrogens is 663 g/mol. The van der Waals surface area contributed by atoms with Crippen molar-refractivity contribution in [3.63, 3.8) is 0 Å². The van der Waals surface area contributed by atoms with Crippen LogP contribution in [0.1, 0.15) is 96.3 Å². The summed E-state index contributed by atoms with van der Waals surface area (Å²) in [5, 5.41) is 4.26. The van der Waals surface area contributed by atoms with Gasteiger partial charge in [0.05, 0.1) is 35.9 Å². The minimum atomic E-state index is -3.52. The summed E-state index contributed by atoms with van der Waals surface area (Å²) in [5.74, 6) is 0.160. The monoisotopic (exact) mass is 713 g/mol. The number of hydrogen-bond donors (Lipinski definition) is 1. The van der Waals surface area contributed by atoms with Gasteiger partial charge < -0.3 is 14.4 Å². The number of carbonyl (C=O) groups is 2. The number of nitrogens with zero attached hydrogens (tertiary/aromatic N) is 4. The molecule has 2 aliphatic heterocycles. The summed E-state index contributed by atoms with van der Waals surface area (Å²) in [6.07, 6.45) is 13.2. The Bertz CT molecular complexity index is 1960. The minimum Gasteiger partial charge on any atom is -0.490 e. The molecule has 1 saturated carbocycles. The molecule has 10 nitrogen and oxygen atoms in total. The van der Waals surface area contributed by atoms with Gasteiger partial charge >= 0.3 is 0 Å². The van der Waals surface area contributed by atoms with Crippen molar-refractivity contribution in [3.8, 4) is 5.75 Å². The summed E-state index contributed by atoms with van der Waals surface area (Å²) in [5.41, 5.74) is 5.24. The molecule has 2 bridgehead atoms. The number of allylic oxidation sites excluding steroid dienone is 1. The van der Waals surface area contributed by atoms with Crippen LogP contribution in [0.25, 0.3) is 0 Å². The highest BCUT2D eigenvalue weighted by Crippen LogP contribution is 2.47. The van der Waals surface area contributed by atoms with Crippen molar-refractivity contribution in [3.05, 3.63) is 88.8 Å². The van der Waals surface area contributed by atoms with Crippen LogP contribution in [-0.4, -0.2) is 64.5 Å². The summed E-state index contributed by atoms with van der Waals surface area (Å²) in [6, 6.07) is 12.3. The second kappa shape index (κ2) is 14.2. The lowest BCUT2D eigenvalue weighted by Crippen LogP contribution is -2.49. The molecule has 1 fully saturated rings. The van der Waals surface area contributed by atoms with Crippen molar-refractivity contribution in [2.24, 2.45) is 22.1 Å². The quantitative estimate of drug-likeness (QED) is 0.295. The first-order valence-corrected chi connectivity index (χ1v) is 20.1. The zero-order chi connectivity index (χ0) is 35.9. The molecule has 3 aromatic rings. The summed E-state index contributed by atoms with van der Waals surface area (Å²) in [4.78, 5) is 29.9. The zero-order valence-electron chi connectivity index (χ0n) is 30.5. The van der Waals surface area contributed by atoms with E-state index in [4.69, 9.17) is 9.47 Å². The SMILES string of the molecule is CO[C@H]1/C=C/C[C@H](C)C[S@@](=O)(NC(=O)c2cnn(C(C)C)c2)=NC(=O)c2ccc3c(c2)N(C[C@@H]2CC[C@H]21)C[C@@]1(CCCc2cc(C)ccc21)CO3. The number of methoxy groups -OCH3 is 1. The number of anilines is 1. The molecule has 2 amide bonds. The van der Waals surface area contributed by atoms with Crippen molar-refractivity contribution in [1.29, 1.82) is 0 Å². The summed E-state index contributed by atoms with van der Waals surface area (Å²) in [7, 11) is -1.75. The van der Waals surface area contributed by atoms with Crippen LogP contribution in [0, 0.1) is 24.7 Å². The van der Waals surface area contributed by atoms with E-state index in [2.05, 4.69) is 56.4 Å². The van der Waals surface area contributed by atoms with Gasteiger partial charge in [-0.3, -0.25) is 19.0 Å². The maximum atomic E-state index is 14.5. The third-order valence-electron chi connectivity index (χ3n) is 11.4. The van der Waals surface area contributed by atoms with Crippen molar-refractivity contribution >= 4 is 27.4 Å². The Morgan fingerprint density at radius 3 is 2.76 bits per heavy atom. The van der Waals surface area contributed by atoms with Gasteiger partial charge in [-0.05, 0) is 106 Å². The van der Waals surface area contributed by atoms with Crippen molar-refractivity contribution in [2.45, 2.75) is 83.8 Å². The van der Waals surface area contributed by atoms with Gasteiger partial charge in [-0.2, -0.15) is 5.10 Å². The Kier molecular flexibility index (Phi) is 9.88. The van der Waals surface area contributed by atoms with Crippen LogP contribution in [0.15, 0.2) is 65.3 Å². The van der Waals surface area contributed by atoms with Gasteiger partial charge in [0, 0.05) is 43.4 Å². The molecule has 6 atom stereocenters. The summed E-state index contributed by atoms with van der Waals surface area (Å²) >= 11 is 0. The van der Waals surface area contributed by atoms with E-state index in [0.717, 1.165) is 56.6 Å². The molecule has 1 spiro atoms. The van der Waals surface area contributed by atoms with Crippen LogP contribution in [-0.2, 0) is 26.5 Å². The number of fused-ring (bicyclic) bond motifs is 4. The van der Waals surface area contributed by atoms with Gasteiger partial charge in [-0.25, -0.2) is 4.21 Å². The van der Waals surface area contributed by atoms with E-state index < -0.39 is 21.7 Å². The van der Waals surface area contributed by atoms with Crippen LogP contribution in [0.2, 0.25) is 0 Å². The first-order chi connectivity index (χ1) is 24.5. The third kappa shape index (κ3) is 7.24. The smallest absolute Gasteiger partial charge is 0.286 e. The highest BCUT2D eigenvalue weighted by Gasteiger charge is 2.44. The predicted molar refractivity (Wildman–Crippen MR) is 200 cm³/mol. The third-order valence-corrected chi connectivity index (χ3v) is 13.3. The molecule has 0 unspecified atom stereocenters. The Balaban J connectivity index is 1.29. The average Bonchev–Trinajstić information content (AvgIpc) is 3.53. The molecule has 1 N–H and O–H groups in total. The number of rotatable bonds is 4. The van der Waals surface area contributed by atoms with Gasteiger partial charge in [0.15, 0.2) is 0 Å². The maximum absolute atomic E-state index is 14.5. The molecule has 3 heterocycles. The Labute approximate surface area is 302 Å². The van der Waals surface area contributed by atoms with Crippen LogP contribution >= 0.6 is 0 Å². The van der Waals surface area contributed by atoms with Gasteiger partial charge in [0.2, 0.25) is 0 Å². The molecule has 11 heteroatoms. The number of aromatic nitrogens is 2. The fourth-order valence-electron chi connectivity index (χ4n) is 8.47. The molecule has 0 saturated heterocycles. The van der Waals surface area contributed by atoms with Crippen LogP contribution in [0.3, 0.4) is 0 Å². The second-order valence-corrected chi connectivity index (χ2v) is 17.6. The lowest BCUT2D eigenvalue weighted by molar-refractivity contribution is 0.0131. The predicted octanol–water partition coefficient (Wildman–Crippen LogP) is 6.84. The van der Waals surface area contributed by atoms with Crippen LogP contribution < -0.4 is 14.4 Å². The van der Waals surface area contributed by atoms with Gasteiger partial charge in [-0.15, -0.1) is 4.36 Å². The van der Waals surface area contributed by atoms with E-state index in [0.29, 0.717) is 30.4 Å². The van der Waals surface area contributed by atoms with E-state index in [1.54, 1.807) is 24.1 Å². The number of amides is 2. The molecular formula is C40H51N5O5S.